The van der Waals surface area contributed by atoms with Crippen LogP contribution in [0.3, 0.4) is 0 Å². The number of hydrogen-bond donors (Lipinski definition) is 2. The fourth-order valence-corrected chi connectivity index (χ4v) is 2.66. The van der Waals surface area contributed by atoms with Gasteiger partial charge in [0.25, 0.3) is 5.91 Å². The Morgan fingerprint density at radius 3 is 2.23 bits per heavy atom. The summed E-state index contributed by atoms with van der Waals surface area (Å²) in [5.41, 5.74) is 2.57. The minimum atomic E-state index is -0.550. The van der Waals surface area contributed by atoms with Gasteiger partial charge in [-0.15, -0.1) is 0 Å². The molecule has 0 aliphatic heterocycles. The Kier molecular flexibility index (Phi) is 9.22. The molecule has 0 atom stereocenters. The van der Waals surface area contributed by atoms with E-state index >= 15 is 0 Å². The van der Waals surface area contributed by atoms with Crippen molar-refractivity contribution in [3.63, 3.8) is 0 Å². The molecule has 0 spiro atoms. The van der Waals surface area contributed by atoms with Crippen molar-refractivity contribution in [3.05, 3.63) is 59.7 Å². The number of benzene rings is 2. The molecule has 8 nitrogen and oxygen atoms in total. The van der Waals surface area contributed by atoms with E-state index in [2.05, 4.69) is 10.6 Å². The lowest BCUT2D eigenvalue weighted by atomic mass is 10.2. The van der Waals surface area contributed by atoms with Gasteiger partial charge in [0.2, 0.25) is 5.91 Å². The van der Waals surface area contributed by atoms with Crippen LogP contribution in [0.15, 0.2) is 48.5 Å². The Labute approximate surface area is 180 Å². The molecule has 0 saturated carbocycles. The molecule has 2 aromatic rings. The van der Waals surface area contributed by atoms with Crippen LogP contribution in [0.1, 0.15) is 42.1 Å². The highest BCUT2D eigenvalue weighted by Gasteiger charge is 2.11. The minimum Gasteiger partial charge on any atom is -0.462 e. The number of anilines is 2. The Hall–Kier alpha value is -3.68. The van der Waals surface area contributed by atoms with Crippen molar-refractivity contribution in [1.82, 2.24) is 0 Å². The SMILES string of the molecule is CCOC(=O)c1ccc(NC(=O)CCCC(=O)OCC(=O)Nc2cccc(C)c2)cc1. The molecule has 0 heterocycles. The topological polar surface area (TPSA) is 111 Å². The number of aryl methyl sites for hydroxylation is 1. The molecule has 0 aromatic heterocycles. The number of carbonyl (C=O) groups excluding carboxylic acids is 4. The van der Waals surface area contributed by atoms with E-state index in [1.165, 1.54) is 0 Å². The van der Waals surface area contributed by atoms with Crippen LogP contribution in [0, 0.1) is 6.92 Å². The van der Waals surface area contributed by atoms with Crippen molar-refractivity contribution in [1.29, 1.82) is 0 Å². The largest absolute Gasteiger partial charge is 0.462 e. The molecule has 2 rings (SSSR count). The second kappa shape index (κ2) is 12.1. The van der Waals surface area contributed by atoms with Crippen molar-refractivity contribution in [3.8, 4) is 0 Å². The van der Waals surface area contributed by atoms with Gasteiger partial charge in [-0.05, 0) is 62.2 Å². The zero-order valence-corrected chi connectivity index (χ0v) is 17.6. The van der Waals surface area contributed by atoms with Crippen LogP contribution in [0.5, 0.6) is 0 Å². The minimum absolute atomic E-state index is 0.0208. The second-order valence-corrected chi connectivity index (χ2v) is 6.78. The maximum absolute atomic E-state index is 12.0. The van der Waals surface area contributed by atoms with Crippen LogP contribution in [0.25, 0.3) is 0 Å². The fraction of sp³-hybridized carbons (Fsp3) is 0.304. The van der Waals surface area contributed by atoms with Gasteiger partial charge in [0, 0.05) is 24.2 Å². The zero-order chi connectivity index (χ0) is 22.6. The summed E-state index contributed by atoms with van der Waals surface area (Å²) in [6, 6.07) is 13.6. The van der Waals surface area contributed by atoms with Crippen molar-refractivity contribution in [2.24, 2.45) is 0 Å². The predicted octanol–water partition coefficient (Wildman–Crippen LogP) is 3.46. The fourth-order valence-electron chi connectivity index (χ4n) is 2.66. The summed E-state index contributed by atoms with van der Waals surface area (Å²) in [7, 11) is 0. The van der Waals surface area contributed by atoms with Crippen molar-refractivity contribution < 1.29 is 28.7 Å². The van der Waals surface area contributed by atoms with E-state index in [9.17, 15) is 19.2 Å². The Morgan fingerprint density at radius 2 is 1.55 bits per heavy atom. The molecule has 0 fully saturated rings. The smallest absolute Gasteiger partial charge is 0.338 e. The number of nitrogens with one attached hydrogen (secondary N) is 2. The van der Waals surface area contributed by atoms with E-state index in [-0.39, 0.29) is 38.4 Å². The predicted molar refractivity (Wildman–Crippen MR) is 116 cm³/mol. The van der Waals surface area contributed by atoms with E-state index < -0.39 is 17.8 Å². The first-order chi connectivity index (χ1) is 14.9. The third-order valence-corrected chi connectivity index (χ3v) is 4.13. The van der Waals surface area contributed by atoms with E-state index in [0.717, 1.165) is 5.56 Å². The van der Waals surface area contributed by atoms with Gasteiger partial charge in [0.05, 0.1) is 12.2 Å². The molecule has 0 bridgehead atoms. The van der Waals surface area contributed by atoms with Crippen LogP contribution in [0.4, 0.5) is 11.4 Å². The maximum Gasteiger partial charge on any atom is 0.338 e. The van der Waals surface area contributed by atoms with Crippen LogP contribution in [-0.2, 0) is 23.9 Å². The standard InChI is InChI=1S/C23H26N2O6/c1-3-30-23(29)17-10-12-18(13-11-17)24-20(26)8-5-9-22(28)31-15-21(27)25-19-7-4-6-16(2)14-19/h4,6-7,10-14H,3,5,8-9,15H2,1-2H3,(H,24,26)(H,25,27). The average molecular weight is 426 g/mol. The molecule has 0 saturated heterocycles. The van der Waals surface area contributed by atoms with Crippen molar-refractivity contribution in [2.45, 2.75) is 33.1 Å². The van der Waals surface area contributed by atoms with Gasteiger partial charge < -0.3 is 20.1 Å². The molecule has 0 unspecified atom stereocenters. The number of carbonyl (C=O) groups is 4. The van der Waals surface area contributed by atoms with Gasteiger partial charge in [-0.3, -0.25) is 14.4 Å². The Morgan fingerprint density at radius 1 is 0.839 bits per heavy atom. The quantitative estimate of drug-likeness (QED) is 0.563. The lowest BCUT2D eigenvalue weighted by Gasteiger charge is -2.08. The molecule has 2 aromatic carbocycles. The van der Waals surface area contributed by atoms with Gasteiger partial charge in [0.1, 0.15) is 0 Å². The molecule has 31 heavy (non-hydrogen) atoms. The van der Waals surface area contributed by atoms with E-state index in [0.29, 0.717) is 16.9 Å². The summed E-state index contributed by atoms with van der Waals surface area (Å²) in [4.78, 5) is 47.2. The first kappa shape index (κ1) is 23.6. The lowest BCUT2D eigenvalue weighted by molar-refractivity contribution is -0.147. The van der Waals surface area contributed by atoms with Gasteiger partial charge in [-0.1, -0.05) is 12.1 Å². The van der Waals surface area contributed by atoms with Gasteiger partial charge in [-0.25, -0.2) is 4.79 Å². The molecular formula is C23H26N2O6. The normalized spacial score (nSPS) is 10.1. The third kappa shape index (κ3) is 8.69. The summed E-state index contributed by atoms with van der Waals surface area (Å²) in [5, 5.41) is 5.34. The molecule has 2 amide bonds. The lowest BCUT2D eigenvalue weighted by Crippen LogP contribution is -2.21. The molecule has 164 valence electrons. The third-order valence-electron chi connectivity index (χ3n) is 4.13. The van der Waals surface area contributed by atoms with Crippen LogP contribution in [-0.4, -0.2) is 37.0 Å². The number of hydrogen-bond acceptors (Lipinski definition) is 6. The second-order valence-electron chi connectivity index (χ2n) is 6.78. The number of esters is 2. The number of ether oxygens (including phenoxy) is 2. The van der Waals surface area contributed by atoms with Crippen molar-refractivity contribution in [2.75, 3.05) is 23.8 Å². The Bertz CT molecular complexity index is 924. The van der Waals surface area contributed by atoms with Crippen LogP contribution >= 0.6 is 0 Å². The molecule has 2 N–H and O–H groups in total. The number of rotatable bonds is 10. The monoisotopic (exact) mass is 426 g/mol. The average Bonchev–Trinajstić information content (AvgIpc) is 2.73. The van der Waals surface area contributed by atoms with Gasteiger partial charge in [-0.2, -0.15) is 0 Å². The summed E-state index contributed by atoms with van der Waals surface area (Å²) in [5.74, 6) is -1.67. The first-order valence-corrected chi connectivity index (χ1v) is 9.96. The summed E-state index contributed by atoms with van der Waals surface area (Å²) >= 11 is 0. The van der Waals surface area contributed by atoms with Crippen molar-refractivity contribution >= 4 is 35.1 Å². The maximum atomic E-state index is 12.0. The highest BCUT2D eigenvalue weighted by atomic mass is 16.5. The summed E-state index contributed by atoms with van der Waals surface area (Å²) in [6.07, 6.45) is 0.419. The highest BCUT2D eigenvalue weighted by molar-refractivity contribution is 5.94. The number of amides is 2. The molecule has 0 aliphatic rings. The first-order valence-electron chi connectivity index (χ1n) is 9.96. The summed E-state index contributed by atoms with van der Waals surface area (Å²) < 4.78 is 9.83. The van der Waals surface area contributed by atoms with E-state index in [1.807, 2.05) is 25.1 Å². The van der Waals surface area contributed by atoms with Gasteiger partial charge >= 0.3 is 11.9 Å². The molecule has 8 heteroatoms. The molecule has 0 aliphatic carbocycles. The zero-order valence-electron chi connectivity index (χ0n) is 17.6. The van der Waals surface area contributed by atoms with E-state index in [1.54, 1.807) is 37.3 Å². The van der Waals surface area contributed by atoms with Crippen LogP contribution in [0.2, 0.25) is 0 Å². The van der Waals surface area contributed by atoms with Gasteiger partial charge in [0.15, 0.2) is 6.61 Å². The van der Waals surface area contributed by atoms with Crippen LogP contribution < -0.4 is 10.6 Å². The van der Waals surface area contributed by atoms with E-state index in [4.69, 9.17) is 9.47 Å². The summed E-state index contributed by atoms with van der Waals surface area (Å²) in [6.45, 7) is 3.54. The molecular weight excluding hydrogens is 400 g/mol. The Balaban J connectivity index is 1.64. The highest BCUT2D eigenvalue weighted by Crippen LogP contribution is 2.12. The molecule has 0 radical (unpaired) electrons.